The zero-order valence-corrected chi connectivity index (χ0v) is 28.2. The summed E-state index contributed by atoms with van der Waals surface area (Å²) in [4.78, 5) is 2.55. The van der Waals surface area contributed by atoms with Crippen molar-refractivity contribution in [2.45, 2.75) is 64.7 Å². The SMILES string of the molecule is Cc1c(OCCCN2CCCCC2)cccc1-c1cccc2c1CC[C@@H]2Oc1cc(OCc2cc(C#N)cc(C#N)c2)c(CN)cc1Cl. The Balaban J connectivity index is 1.17. The molecule has 7 nitrogen and oxygen atoms in total. The maximum Gasteiger partial charge on any atom is 0.142 e. The predicted octanol–water partition coefficient (Wildman–Crippen LogP) is 8.42. The normalized spacial score (nSPS) is 15.7. The molecular formula is C40H41ClN4O3. The molecule has 0 saturated carbocycles. The zero-order valence-electron chi connectivity index (χ0n) is 27.4. The summed E-state index contributed by atoms with van der Waals surface area (Å²) >= 11 is 6.72. The standard InChI is InChI=1S/C40H41ClN4O3/c1-27-32(8-6-11-37(27)46-17-7-16-45-14-3-2-4-15-45)33-9-5-10-35-34(33)12-13-38(35)48-40-22-39(31(25-44)21-36(40)41)47-26-30-19-28(23-42)18-29(20-30)24-43/h5-6,8-11,18-22,38H,2-4,7,12-17,25-26,44H2,1H3/t38-/m0/s1. The summed E-state index contributed by atoms with van der Waals surface area (Å²) in [7, 11) is 0. The second kappa shape index (κ2) is 15.6. The molecule has 0 unspecified atom stereocenters. The van der Waals surface area contributed by atoms with Gasteiger partial charge in [-0.1, -0.05) is 48.4 Å². The Labute approximate surface area is 288 Å². The van der Waals surface area contributed by atoms with E-state index in [1.165, 1.54) is 49.0 Å². The third kappa shape index (κ3) is 7.61. The maximum absolute atomic E-state index is 9.35. The molecule has 0 spiro atoms. The topological polar surface area (TPSA) is 105 Å². The molecule has 4 aromatic carbocycles. The van der Waals surface area contributed by atoms with Gasteiger partial charge in [0.25, 0.3) is 0 Å². The van der Waals surface area contributed by atoms with Crippen LogP contribution < -0.4 is 19.9 Å². The van der Waals surface area contributed by atoms with Crippen molar-refractivity contribution in [3.05, 3.63) is 111 Å². The van der Waals surface area contributed by atoms with Gasteiger partial charge in [-0.05, 0) is 116 Å². The number of fused-ring (bicyclic) bond motifs is 1. The van der Waals surface area contributed by atoms with Gasteiger partial charge in [-0.2, -0.15) is 10.5 Å². The van der Waals surface area contributed by atoms with E-state index in [1.54, 1.807) is 30.3 Å². The largest absolute Gasteiger partial charge is 0.493 e. The summed E-state index contributed by atoms with van der Waals surface area (Å²) in [5, 5.41) is 19.2. The Bertz CT molecular complexity index is 1820. The van der Waals surface area contributed by atoms with Crippen molar-refractivity contribution in [1.29, 1.82) is 10.5 Å². The quantitative estimate of drug-likeness (QED) is 0.152. The Hall–Kier alpha value is -4.53. The molecule has 1 aliphatic carbocycles. The minimum Gasteiger partial charge on any atom is -0.493 e. The van der Waals surface area contributed by atoms with Gasteiger partial charge < -0.3 is 24.8 Å². The molecule has 1 fully saturated rings. The van der Waals surface area contributed by atoms with Crippen LogP contribution in [0.4, 0.5) is 0 Å². The van der Waals surface area contributed by atoms with Gasteiger partial charge in [-0.3, -0.25) is 0 Å². The Kier molecular flexibility index (Phi) is 10.8. The number of hydrogen-bond donors (Lipinski definition) is 1. The lowest BCUT2D eigenvalue weighted by molar-refractivity contribution is 0.204. The minimum absolute atomic E-state index is 0.161. The molecular weight excluding hydrogens is 620 g/mol. The molecule has 48 heavy (non-hydrogen) atoms. The smallest absolute Gasteiger partial charge is 0.142 e. The van der Waals surface area contributed by atoms with E-state index in [2.05, 4.69) is 60.4 Å². The summed E-state index contributed by atoms with van der Waals surface area (Å²) in [5.74, 6) is 2.01. The number of piperidine rings is 1. The Morgan fingerprint density at radius 2 is 1.62 bits per heavy atom. The van der Waals surface area contributed by atoms with Crippen molar-refractivity contribution in [3.8, 4) is 40.5 Å². The first kappa shape index (κ1) is 33.4. The van der Waals surface area contributed by atoms with Crippen LogP contribution in [0.25, 0.3) is 11.1 Å². The first-order valence-electron chi connectivity index (χ1n) is 16.8. The van der Waals surface area contributed by atoms with E-state index in [9.17, 15) is 10.5 Å². The molecule has 1 atom stereocenters. The van der Waals surface area contributed by atoms with Crippen LogP contribution in [0, 0.1) is 29.6 Å². The summed E-state index contributed by atoms with van der Waals surface area (Å²) in [6.07, 6.45) is 6.54. The van der Waals surface area contributed by atoms with Gasteiger partial charge in [-0.25, -0.2) is 0 Å². The molecule has 0 radical (unpaired) electrons. The van der Waals surface area contributed by atoms with E-state index in [0.29, 0.717) is 39.8 Å². The average molecular weight is 661 g/mol. The molecule has 1 heterocycles. The Morgan fingerprint density at radius 1 is 0.875 bits per heavy atom. The molecule has 4 aromatic rings. The van der Waals surface area contributed by atoms with Gasteiger partial charge in [0, 0.05) is 24.7 Å². The summed E-state index contributed by atoms with van der Waals surface area (Å²) < 4.78 is 19.1. The van der Waals surface area contributed by atoms with Gasteiger partial charge in [0.05, 0.1) is 34.9 Å². The molecule has 0 aromatic heterocycles. The second-order valence-electron chi connectivity index (χ2n) is 12.6. The predicted molar refractivity (Wildman–Crippen MR) is 188 cm³/mol. The minimum atomic E-state index is -0.172. The number of likely N-dealkylation sites (tertiary alicyclic amines) is 1. The summed E-state index contributed by atoms with van der Waals surface area (Å²) in [5.41, 5.74) is 14.3. The lowest BCUT2D eigenvalue weighted by atomic mass is 9.93. The molecule has 2 aliphatic rings. The molecule has 1 saturated heterocycles. The highest BCUT2D eigenvalue weighted by Crippen LogP contribution is 2.44. The van der Waals surface area contributed by atoms with E-state index >= 15 is 0 Å². The van der Waals surface area contributed by atoms with Crippen molar-refractivity contribution < 1.29 is 14.2 Å². The zero-order chi connectivity index (χ0) is 33.5. The summed E-state index contributed by atoms with van der Waals surface area (Å²) in [6, 6.07) is 25.5. The molecule has 246 valence electrons. The van der Waals surface area contributed by atoms with Crippen LogP contribution in [0.5, 0.6) is 17.2 Å². The fraction of sp³-hybridized carbons (Fsp3) is 0.350. The van der Waals surface area contributed by atoms with Crippen LogP contribution in [0.15, 0.2) is 66.7 Å². The number of hydrogen-bond acceptors (Lipinski definition) is 7. The lowest BCUT2D eigenvalue weighted by Crippen LogP contribution is -2.31. The van der Waals surface area contributed by atoms with Gasteiger partial charge in [-0.15, -0.1) is 0 Å². The molecule has 0 amide bonds. The monoisotopic (exact) mass is 660 g/mol. The maximum atomic E-state index is 9.35. The van der Waals surface area contributed by atoms with E-state index < -0.39 is 0 Å². The van der Waals surface area contributed by atoms with E-state index in [-0.39, 0.29) is 19.3 Å². The van der Waals surface area contributed by atoms with Crippen LogP contribution in [0.3, 0.4) is 0 Å². The molecule has 8 heteroatoms. The van der Waals surface area contributed by atoms with Gasteiger partial charge in [0.1, 0.15) is 30.0 Å². The number of benzene rings is 4. The number of nitriles is 2. The molecule has 1 aliphatic heterocycles. The van der Waals surface area contributed by atoms with Crippen LogP contribution in [-0.2, 0) is 19.6 Å². The number of nitrogens with two attached hydrogens (primary N) is 1. The second-order valence-corrected chi connectivity index (χ2v) is 13.0. The third-order valence-corrected chi connectivity index (χ3v) is 9.66. The molecule has 0 bridgehead atoms. The van der Waals surface area contributed by atoms with Crippen LogP contribution in [-0.4, -0.2) is 31.1 Å². The van der Waals surface area contributed by atoms with Crippen molar-refractivity contribution >= 4 is 11.6 Å². The number of rotatable bonds is 12. The van der Waals surface area contributed by atoms with Crippen LogP contribution in [0.2, 0.25) is 5.02 Å². The lowest BCUT2D eigenvalue weighted by Gasteiger charge is -2.26. The van der Waals surface area contributed by atoms with Gasteiger partial charge in [0.2, 0.25) is 0 Å². The Morgan fingerprint density at radius 3 is 2.38 bits per heavy atom. The van der Waals surface area contributed by atoms with Crippen molar-refractivity contribution in [3.63, 3.8) is 0 Å². The van der Waals surface area contributed by atoms with E-state index in [0.717, 1.165) is 48.2 Å². The van der Waals surface area contributed by atoms with E-state index in [1.807, 2.05) is 0 Å². The average Bonchev–Trinajstić information content (AvgIpc) is 3.53. The summed E-state index contributed by atoms with van der Waals surface area (Å²) in [6.45, 7) is 6.77. The van der Waals surface area contributed by atoms with Crippen molar-refractivity contribution in [2.24, 2.45) is 5.73 Å². The van der Waals surface area contributed by atoms with Crippen molar-refractivity contribution in [1.82, 2.24) is 4.90 Å². The fourth-order valence-electron chi connectivity index (χ4n) is 6.89. The highest BCUT2D eigenvalue weighted by Gasteiger charge is 2.28. The number of nitrogens with zero attached hydrogens (tertiary/aromatic N) is 3. The molecule has 6 rings (SSSR count). The van der Waals surface area contributed by atoms with Gasteiger partial charge >= 0.3 is 0 Å². The highest BCUT2D eigenvalue weighted by molar-refractivity contribution is 6.32. The van der Waals surface area contributed by atoms with Crippen LogP contribution >= 0.6 is 11.6 Å². The number of ether oxygens (including phenoxy) is 3. The van der Waals surface area contributed by atoms with Crippen LogP contribution in [0.1, 0.15) is 77.2 Å². The fourth-order valence-corrected chi connectivity index (χ4v) is 7.12. The van der Waals surface area contributed by atoms with E-state index in [4.69, 9.17) is 31.5 Å². The van der Waals surface area contributed by atoms with Gasteiger partial charge in [0.15, 0.2) is 0 Å². The highest BCUT2D eigenvalue weighted by atomic mass is 35.5. The first-order valence-corrected chi connectivity index (χ1v) is 17.2. The number of halogens is 1. The van der Waals surface area contributed by atoms with Crippen molar-refractivity contribution in [2.75, 3.05) is 26.2 Å². The first-order chi connectivity index (χ1) is 23.5. The third-order valence-electron chi connectivity index (χ3n) is 9.36. The molecule has 2 N–H and O–H groups in total.